The molecule has 3 aromatic rings. The molecule has 0 bridgehead atoms. The molecule has 0 unspecified atom stereocenters. The molecule has 1 aliphatic carbocycles. The van der Waals surface area contributed by atoms with Gasteiger partial charge in [-0.2, -0.15) is 5.10 Å². The Morgan fingerprint density at radius 1 is 1.09 bits per heavy atom. The fraction of sp³-hybridized carbons (Fsp3) is 0.385. The van der Waals surface area contributed by atoms with Crippen LogP contribution in [0.1, 0.15) is 76.9 Å². The Hall–Kier alpha value is -3.28. The molecular formula is C26H28N4O2. The van der Waals surface area contributed by atoms with Crippen molar-refractivity contribution in [1.29, 1.82) is 0 Å². The van der Waals surface area contributed by atoms with Gasteiger partial charge in [-0.25, -0.2) is 0 Å². The first kappa shape index (κ1) is 20.6. The Bertz CT molecular complexity index is 1150. The molecular weight excluding hydrogens is 400 g/mol. The lowest BCUT2D eigenvalue weighted by Gasteiger charge is -2.30. The van der Waals surface area contributed by atoms with Crippen molar-refractivity contribution in [2.75, 3.05) is 6.54 Å². The minimum atomic E-state index is -0.174. The largest absolute Gasteiger partial charge is 0.330 e. The van der Waals surface area contributed by atoms with Crippen LogP contribution in [0.5, 0.6) is 0 Å². The molecule has 5 rings (SSSR count). The van der Waals surface area contributed by atoms with Crippen LogP contribution in [-0.4, -0.2) is 37.9 Å². The van der Waals surface area contributed by atoms with E-state index in [1.54, 1.807) is 6.20 Å². The number of carbonyl (C=O) groups is 2. The number of nitrogens with zero attached hydrogens (tertiary/aromatic N) is 4. The fourth-order valence-electron chi connectivity index (χ4n) is 5.09. The number of fused-ring (bicyclic) bond motifs is 1. The molecule has 0 N–H and O–H groups in total. The maximum absolute atomic E-state index is 13.3. The second kappa shape index (κ2) is 8.01. The van der Waals surface area contributed by atoms with Crippen LogP contribution in [0.25, 0.3) is 0 Å². The Morgan fingerprint density at radius 3 is 2.62 bits per heavy atom. The Labute approximate surface area is 188 Å². The third-order valence-corrected chi connectivity index (χ3v) is 6.54. The SMILES string of the molecule is CC1(C)CC(=O)c2c([C@H]3CCCN3C(=O)c3ccccc3)nn(Cc3ccccn3)c2C1. The molecule has 0 spiro atoms. The van der Waals surface area contributed by atoms with Gasteiger partial charge in [-0.1, -0.05) is 38.1 Å². The number of ketones is 1. The third kappa shape index (κ3) is 3.74. The maximum Gasteiger partial charge on any atom is 0.254 e. The molecule has 2 aromatic heterocycles. The lowest BCUT2D eigenvalue weighted by atomic mass is 9.75. The predicted octanol–water partition coefficient (Wildman–Crippen LogP) is 4.46. The second-order valence-corrected chi connectivity index (χ2v) is 9.65. The summed E-state index contributed by atoms with van der Waals surface area (Å²) >= 11 is 0. The summed E-state index contributed by atoms with van der Waals surface area (Å²) in [4.78, 5) is 33.0. The first-order valence-corrected chi connectivity index (χ1v) is 11.3. The Morgan fingerprint density at radius 2 is 1.88 bits per heavy atom. The molecule has 164 valence electrons. The van der Waals surface area contributed by atoms with Crippen LogP contribution in [0.4, 0.5) is 0 Å². The molecule has 1 saturated heterocycles. The van der Waals surface area contributed by atoms with Crippen LogP contribution < -0.4 is 0 Å². The lowest BCUT2D eigenvalue weighted by molar-refractivity contribution is 0.0728. The van der Waals surface area contributed by atoms with E-state index in [4.69, 9.17) is 5.10 Å². The summed E-state index contributed by atoms with van der Waals surface area (Å²) < 4.78 is 1.95. The zero-order chi connectivity index (χ0) is 22.3. The van der Waals surface area contributed by atoms with Gasteiger partial charge in [0.15, 0.2) is 5.78 Å². The van der Waals surface area contributed by atoms with Crippen LogP contribution in [0.2, 0.25) is 0 Å². The Balaban J connectivity index is 1.56. The maximum atomic E-state index is 13.3. The van der Waals surface area contributed by atoms with Crippen molar-refractivity contribution in [3.63, 3.8) is 0 Å². The highest BCUT2D eigenvalue weighted by molar-refractivity contribution is 6.00. The van der Waals surface area contributed by atoms with Crippen molar-refractivity contribution in [2.45, 2.75) is 52.1 Å². The van der Waals surface area contributed by atoms with Crippen molar-refractivity contribution in [3.8, 4) is 0 Å². The summed E-state index contributed by atoms with van der Waals surface area (Å²) in [6, 6.07) is 15.0. The third-order valence-electron chi connectivity index (χ3n) is 6.54. The van der Waals surface area contributed by atoms with Gasteiger partial charge in [0.05, 0.1) is 35.2 Å². The van der Waals surface area contributed by atoms with Crippen LogP contribution in [-0.2, 0) is 13.0 Å². The summed E-state index contributed by atoms with van der Waals surface area (Å²) in [7, 11) is 0. The molecule has 6 nitrogen and oxygen atoms in total. The minimum absolute atomic E-state index is 0.00437. The van der Waals surface area contributed by atoms with Gasteiger partial charge in [0.25, 0.3) is 5.91 Å². The molecule has 1 aliphatic heterocycles. The number of benzene rings is 1. The topological polar surface area (TPSA) is 68.1 Å². The summed E-state index contributed by atoms with van der Waals surface area (Å²) in [6.45, 7) is 5.46. The van der Waals surface area contributed by atoms with Crippen molar-refractivity contribution in [3.05, 3.63) is 82.9 Å². The quantitative estimate of drug-likeness (QED) is 0.615. The minimum Gasteiger partial charge on any atom is -0.330 e. The zero-order valence-corrected chi connectivity index (χ0v) is 18.6. The molecule has 6 heteroatoms. The van der Waals surface area contributed by atoms with Crippen LogP contribution in [0, 0.1) is 5.41 Å². The standard InChI is InChI=1S/C26H28N4O2/c1-26(2)15-21-23(22(31)16-26)24(28-30(21)17-19-11-6-7-13-27-19)20-12-8-14-29(20)25(32)18-9-4-3-5-10-18/h3-7,9-11,13,20H,8,12,14-17H2,1-2H3/t20-/m1/s1. The van der Waals surface area contributed by atoms with E-state index in [1.807, 2.05) is 58.1 Å². The second-order valence-electron chi connectivity index (χ2n) is 9.65. The number of pyridine rings is 1. The summed E-state index contributed by atoms with van der Waals surface area (Å²) in [5.74, 6) is 0.141. The summed E-state index contributed by atoms with van der Waals surface area (Å²) in [5, 5.41) is 4.97. The molecule has 1 aromatic carbocycles. The monoisotopic (exact) mass is 428 g/mol. The van der Waals surface area contributed by atoms with Crippen molar-refractivity contribution >= 4 is 11.7 Å². The Kier molecular flexibility index (Phi) is 5.16. The predicted molar refractivity (Wildman–Crippen MR) is 121 cm³/mol. The normalized spacial score (nSPS) is 19.8. The average molecular weight is 429 g/mol. The molecule has 32 heavy (non-hydrogen) atoms. The number of Topliss-reactive ketones (excluding diaryl/α,β-unsaturated/α-hetero) is 1. The van der Waals surface area contributed by atoms with Crippen LogP contribution in [0.15, 0.2) is 54.7 Å². The van der Waals surface area contributed by atoms with Gasteiger partial charge in [0.2, 0.25) is 0 Å². The number of hydrogen-bond donors (Lipinski definition) is 0. The molecule has 1 amide bonds. The van der Waals surface area contributed by atoms with E-state index >= 15 is 0 Å². The van der Waals surface area contributed by atoms with Gasteiger partial charge in [0.1, 0.15) is 0 Å². The first-order chi connectivity index (χ1) is 15.4. The number of amides is 1. The number of carbonyl (C=O) groups excluding carboxylic acids is 2. The number of likely N-dealkylation sites (tertiary alicyclic amines) is 1. The van der Waals surface area contributed by atoms with Gasteiger partial charge in [-0.15, -0.1) is 0 Å². The summed E-state index contributed by atoms with van der Waals surface area (Å²) in [5.41, 5.74) is 3.94. The van der Waals surface area contributed by atoms with E-state index in [0.717, 1.165) is 41.9 Å². The van der Waals surface area contributed by atoms with E-state index in [2.05, 4.69) is 18.8 Å². The molecule has 1 atom stereocenters. The number of aromatic nitrogens is 3. The van der Waals surface area contributed by atoms with E-state index in [1.165, 1.54) is 0 Å². The number of hydrogen-bond acceptors (Lipinski definition) is 4. The highest BCUT2D eigenvalue weighted by Gasteiger charge is 2.41. The zero-order valence-electron chi connectivity index (χ0n) is 18.6. The van der Waals surface area contributed by atoms with Gasteiger partial charge >= 0.3 is 0 Å². The van der Waals surface area contributed by atoms with Gasteiger partial charge in [-0.3, -0.25) is 19.3 Å². The van der Waals surface area contributed by atoms with E-state index in [-0.39, 0.29) is 23.1 Å². The fourth-order valence-corrected chi connectivity index (χ4v) is 5.09. The molecule has 0 radical (unpaired) electrons. The van der Waals surface area contributed by atoms with Crippen molar-refractivity contribution in [1.82, 2.24) is 19.7 Å². The van der Waals surface area contributed by atoms with Gasteiger partial charge in [-0.05, 0) is 48.9 Å². The first-order valence-electron chi connectivity index (χ1n) is 11.3. The van der Waals surface area contributed by atoms with Crippen LogP contribution in [0.3, 0.4) is 0 Å². The van der Waals surface area contributed by atoms with Gasteiger partial charge in [0, 0.05) is 24.7 Å². The highest BCUT2D eigenvalue weighted by atomic mass is 16.2. The average Bonchev–Trinajstić information content (AvgIpc) is 3.39. The highest BCUT2D eigenvalue weighted by Crippen LogP contribution is 2.41. The molecule has 2 aliphatic rings. The lowest BCUT2D eigenvalue weighted by Crippen LogP contribution is -2.32. The van der Waals surface area contributed by atoms with Gasteiger partial charge < -0.3 is 4.90 Å². The van der Waals surface area contributed by atoms with E-state index in [0.29, 0.717) is 25.1 Å². The van der Waals surface area contributed by atoms with Crippen molar-refractivity contribution in [2.24, 2.45) is 5.41 Å². The van der Waals surface area contributed by atoms with E-state index in [9.17, 15) is 9.59 Å². The molecule has 1 fully saturated rings. The number of rotatable bonds is 4. The van der Waals surface area contributed by atoms with Crippen LogP contribution >= 0.6 is 0 Å². The van der Waals surface area contributed by atoms with E-state index < -0.39 is 0 Å². The molecule has 0 saturated carbocycles. The molecule has 3 heterocycles. The summed E-state index contributed by atoms with van der Waals surface area (Å²) in [6.07, 6.45) is 4.79. The smallest absolute Gasteiger partial charge is 0.254 e. The van der Waals surface area contributed by atoms with Crippen molar-refractivity contribution < 1.29 is 9.59 Å².